The van der Waals surface area contributed by atoms with Gasteiger partial charge in [0.05, 0.1) is 23.0 Å². The first kappa shape index (κ1) is 35.7. The smallest absolute Gasteiger partial charge is 0.282 e. The fourth-order valence-corrected chi connectivity index (χ4v) is 7.58. The molecule has 2 saturated heterocycles. The maximum Gasteiger partial charge on any atom is 0.282 e. The number of halogens is 1. The van der Waals surface area contributed by atoms with Crippen molar-refractivity contribution in [2.24, 2.45) is 7.05 Å². The van der Waals surface area contributed by atoms with E-state index < -0.39 is 29.7 Å². The highest BCUT2D eigenvalue weighted by molar-refractivity contribution is 9.10. The second kappa shape index (κ2) is 14.4. The van der Waals surface area contributed by atoms with E-state index in [2.05, 4.69) is 43.6 Å². The molecule has 0 spiro atoms. The normalized spacial score (nSPS) is 20.2. The van der Waals surface area contributed by atoms with Gasteiger partial charge in [0.25, 0.3) is 23.3 Å². The van der Waals surface area contributed by atoms with Crippen LogP contribution in [0, 0.1) is 0 Å². The van der Waals surface area contributed by atoms with Crippen molar-refractivity contribution < 1.29 is 28.7 Å². The molecule has 4 aromatic rings. The fraction of sp³-hybridized carbons (Fsp3) is 0.289. The van der Waals surface area contributed by atoms with E-state index in [1.165, 1.54) is 21.7 Å². The molecule has 3 aliphatic rings. The lowest BCUT2D eigenvalue weighted by atomic mass is 9.87. The highest BCUT2D eigenvalue weighted by Gasteiger charge is 2.44. The molecule has 1 unspecified atom stereocenters. The second-order valence-electron chi connectivity index (χ2n) is 13.5. The summed E-state index contributed by atoms with van der Waals surface area (Å²) >= 11 is 3.40. The molecule has 0 aliphatic carbocycles. The molecule has 1 aromatic heterocycles. The molecule has 7 rings (SSSR count). The van der Waals surface area contributed by atoms with E-state index in [1.54, 1.807) is 50.6 Å². The molecule has 14 nitrogen and oxygen atoms in total. The molecular weight excluding hydrogens is 746 g/mol. The Bertz CT molecular complexity index is 2220. The van der Waals surface area contributed by atoms with E-state index in [1.807, 2.05) is 24.3 Å². The van der Waals surface area contributed by atoms with E-state index >= 15 is 0 Å². The maximum absolute atomic E-state index is 13.6. The number of rotatable bonds is 8. The van der Waals surface area contributed by atoms with Gasteiger partial charge in [-0.05, 0) is 89.8 Å². The Balaban J connectivity index is 1.01. The van der Waals surface area contributed by atoms with Crippen molar-refractivity contribution >= 4 is 56.8 Å². The summed E-state index contributed by atoms with van der Waals surface area (Å²) in [6.07, 6.45) is 2.58. The van der Waals surface area contributed by atoms with Crippen LogP contribution in [-0.4, -0.2) is 88.4 Å². The van der Waals surface area contributed by atoms with Crippen molar-refractivity contribution in [1.82, 2.24) is 24.9 Å². The third kappa shape index (κ3) is 7.09. The number of amides is 5. The summed E-state index contributed by atoms with van der Waals surface area (Å²) in [6, 6.07) is 18.1. The number of aromatic nitrogens is 2. The molecule has 3 aliphatic heterocycles. The summed E-state index contributed by atoms with van der Waals surface area (Å²) in [4.78, 5) is 80.9. The highest BCUT2D eigenvalue weighted by Crippen LogP contribution is 2.34. The summed E-state index contributed by atoms with van der Waals surface area (Å²) in [6.45, 7) is 1.65. The van der Waals surface area contributed by atoms with E-state index in [0.717, 1.165) is 30.0 Å². The Morgan fingerprint density at radius 2 is 1.68 bits per heavy atom. The van der Waals surface area contributed by atoms with Gasteiger partial charge in [0.1, 0.15) is 22.0 Å². The number of hydrogen-bond donors (Lipinski definition) is 2. The van der Waals surface area contributed by atoms with Gasteiger partial charge in [-0.3, -0.25) is 39.0 Å². The van der Waals surface area contributed by atoms with Crippen LogP contribution < -0.4 is 25.8 Å². The van der Waals surface area contributed by atoms with Crippen LogP contribution in [0.4, 0.5) is 11.4 Å². The standard InChI is InChI=1S/C38H36BrN7O7/c1-43-19-23(15-24(20-43)41-30-18-40-45(3)38(52)33(30)39)21-7-9-22(10-8-21)35(49)44(2)25-5-4-6-26(16-25)53-27-11-12-28-29(17-27)37(51)46(36(28)50)31-13-14-32(47)42-34(31)48/h4-12,16-18,23-24,31,41H,13-15,19-20H2,1-3H3,(H,42,47,48)/t23-,24+,31?/m1/s1. The van der Waals surface area contributed by atoms with E-state index in [9.17, 15) is 28.8 Å². The fourth-order valence-electron chi connectivity index (χ4n) is 7.11. The van der Waals surface area contributed by atoms with Gasteiger partial charge in [-0.25, -0.2) is 4.68 Å². The molecule has 2 N–H and O–H groups in total. The number of benzene rings is 3. The molecule has 0 bridgehead atoms. The number of hydrogen-bond acceptors (Lipinski definition) is 10. The molecule has 5 amide bonds. The van der Waals surface area contributed by atoms with Crippen molar-refractivity contribution in [2.45, 2.75) is 37.3 Å². The lowest BCUT2D eigenvalue weighted by molar-refractivity contribution is -0.136. The van der Waals surface area contributed by atoms with E-state index in [0.29, 0.717) is 32.9 Å². The number of fused-ring (bicyclic) bond motifs is 1. The number of nitrogens with zero attached hydrogens (tertiary/aromatic N) is 5. The summed E-state index contributed by atoms with van der Waals surface area (Å²) in [5.41, 5.74) is 2.89. The van der Waals surface area contributed by atoms with Crippen molar-refractivity contribution in [2.75, 3.05) is 37.4 Å². The summed E-state index contributed by atoms with van der Waals surface area (Å²) in [7, 11) is 5.34. The molecule has 272 valence electrons. The van der Waals surface area contributed by atoms with Gasteiger partial charge >= 0.3 is 0 Å². The van der Waals surface area contributed by atoms with Gasteiger partial charge in [-0.15, -0.1) is 0 Å². The van der Waals surface area contributed by atoms with Gasteiger partial charge in [-0.1, -0.05) is 18.2 Å². The van der Waals surface area contributed by atoms with Crippen LogP contribution >= 0.6 is 15.9 Å². The van der Waals surface area contributed by atoms with Gasteiger partial charge in [0, 0.05) is 57.0 Å². The van der Waals surface area contributed by atoms with Gasteiger partial charge in [0.2, 0.25) is 11.8 Å². The molecule has 3 atom stereocenters. The number of imide groups is 2. The molecule has 3 aromatic carbocycles. The number of carbonyl (C=O) groups excluding carboxylic acids is 5. The first-order chi connectivity index (χ1) is 25.4. The summed E-state index contributed by atoms with van der Waals surface area (Å²) in [5.74, 6) is -1.67. The van der Waals surface area contributed by atoms with Crippen molar-refractivity contribution in [3.05, 3.63) is 110 Å². The number of likely N-dealkylation sites (tertiary alicyclic amines) is 1. The Hall–Kier alpha value is -5.67. The maximum atomic E-state index is 13.6. The van der Waals surface area contributed by atoms with Crippen LogP contribution in [0.15, 0.2) is 82.2 Å². The zero-order valence-electron chi connectivity index (χ0n) is 29.2. The molecule has 4 heterocycles. The molecule has 53 heavy (non-hydrogen) atoms. The Kier molecular flexibility index (Phi) is 9.70. The SMILES string of the molecule is CN1C[C@@H](Nc2cnn(C)c(=O)c2Br)C[C@@H](c2ccc(C(=O)N(C)c3cccc(Oc4ccc5c(c4)C(=O)N(C4CCC(=O)NC4=O)C5=O)c3)cc2)C1. The average molecular weight is 783 g/mol. The second-order valence-corrected chi connectivity index (χ2v) is 14.3. The minimum absolute atomic E-state index is 0.0333. The zero-order chi connectivity index (χ0) is 37.6. The number of aryl methyl sites for hydroxylation is 1. The quantitative estimate of drug-likeness (QED) is 0.251. The van der Waals surface area contributed by atoms with Gasteiger partial charge in [0.15, 0.2) is 0 Å². The minimum Gasteiger partial charge on any atom is -0.457 e. The van der Waals surface area contributed by atoms with Crippen molar-refractivity contribution in [3.8, 4) is 11.5 Å². The third-order valence-corrected chi connectivity index (χ3v) is 10.6. The summed E-state index contributed by atoms with van der Waals surface area (Å²) in [5, 5.41) is 9.80. The molecule has 2 fully saturated rings. The predicted octanol–water partition coefficient (Wildman–Crippen LogP) is 3.91. The number of nitrogens with one attached hydrogen (secondary N) is 2. The molecule has 0 saturated carbocycles. The van der Waals surface area contributed by atoms with Crippen LogP contribution in [0.3, 0.4) is 0 Å². The molecule has 15 heteroatoms. The van der Waals surface area contributed by atoms with E-state index in [-0.39, 0.29) is 47.4 Å². The zero-order valence-corrected chi connectivity index (χ0v) is 30.8. The van der Waals surface area contributed by atoms with E-state index in [4.69, 9.17) is 4.74 Å². The lowest BCUT2D eigenvalue weighted by Crippen LogP contribution is -2.54. The topological polar surface area (TPSA) is 163 Å². The van der Waals surface area contributed by atoms with Crippen LogP contribution in [0.1, 0.15) is 61.8 Å². The Morgan fingerprint density at radius 3 is 2.43 bits per heavy atom. The van der Waals surface area contributed by atoms with Gasteiger partial charge < -0.3 is 19.9 Å². The first-order valence-corrected chi connectivity index (χ1v) is 17.9. The molecular formula is C38H36BrN7O7. The number of carbonyl (C=O) groups is 5. The van der Waals surface area contributed by atoms with Crippen molar-refractivity contribution in [3.63, 3.8) is 0 Å². The minimum atomic E-state index is -1.06. The van der Waals surface area contributed by atoms with Crippen LogP contribution in [0.25, 0.3) is 0 Å². The number of ether oxygens (including phenoxy) is 1. The van der Waals surface area contributed by atoms with Crippen LogP contribution in [0.5, 0.6) is 11.5 Å². The number of piperidine rings is 2. The number of anilines is 2. The third-order valence-electron chi connectivity index (χ3n) is 9.86. The monoisotopic (exact) mass is 781 g/mol. The van der Waals surface area contributed by atoms with Gasteiger partial charge in [-0.2, -0.15) is 5.10 Å². The predicted molar refractivity (Wildman–Crippen MR) is 198 cm³/mol. The number of likely N-dealkylation sites (N-methyl/N-ethyl adjacent to an activating group) is 1. The average Bonchev–Trinajstić information content (AvgIpc) is 3.39. The lowest BCUT2D eigenvalue weighted by Gasteiger charge is -2.37. The largest absolute Gasteiger partial charge is 0.457 e. The van der Waals surface area contributed by atoms with Crippen molar-refractivity contribution in [1.29, 1.82) is 0 Å². The highest BCUT2D eigenvalue weighted by atomic mass is 79.9. The first-order valence-electron chi connectivity index (χ1n) is 17.1. The van der Waals surface area contributed by atoms with Crippen LogP contribution in [-0.2, 0) is 16.6 Å². The Labute approximate surface area is 312 Å². The summed E-state index contributed by atoms with van der Waals surface area (Å²) < 4.78 is 7.78. The Morgan fingerprint density at radius 1 is 0.943 bits per heavy atom. The van der Waals surface area contributed by atoms with Crippen LogP contribution in [0.2, 0.25) is 0 Å². The molecule has 0 radical (unpaired) electrons.